The van der Waals surface area contributed by atoms with Crippen LogP contribution in [-0.4, -0.2) is 36.6 Å². The smallest absolute Gasteiger partial charge is 0.335 e. The second-order valence-corrected chi connectivity index (χ2v) is 7.52. The summed E-state index contributed by atoms with van der Waals surface area (Å²) in [6.07, 6.45) is 5.48. The summed E-state index contributed by atoms with van der Waals surface area (Å²) in [6.45, 7) is 1.10. The fourth-order valence-electron chi connectivity index (χ4n) is 4.03. The number of carboxylic acids is 1. The molecule has 0 saturated heterocycles. The molecule has 26 heavy (non-hydrogen) atoms. The lowest BCUT2D eigenvalue weighted by atomic mass is 9.73. The van der Waals surface area contributed by atoms with E-state index in [1.54, 1.807) is 12.1 Å². The number of carboxylic acid groups (broad SMARTS) is 1. The average molecular weight is 349 g/mol. The Morgan fingerprint density at radius 3 is 2.62 bits per heavy atom. The zero-order valence-electron chi connectivity index (χ0n) is 15.6. The Hall–Kier alpha value is -2.39. The Kier molecular flexibility index (Phi) is 5.89. The Balaban J connectivity index is 1.85. The first-order valence-electron chi connectivity index (χ1n) is 9.25. The Morgan fingerprint density at radius 1 is 1.15 bits per heavy atom. The third-order valence-electron chi connectivity index (χ3n) is 5.22. The second kappa shape index (κ2) is 8.33. The predicted molar refractivity (Wildman–Crippen MR) is 106 cm³/mol. The largest absolute Gasteiger partial charge is 0.478 e. The fourth-order valence-corrected chi connectivity index (χ4v) is 4.03. The molecule has 2 aromatic rings. The van der Waals surface area contributed by atoms with Crippen molar-refractivity contribution in [1.29, 1.82) is 0 Å². The number of benzene rings is 2. The van der Waals surface area contributed by atoms with E-state index in [1.165, 1.54) is 17.6 Å². The highest BCUT2D eigenvalue weighted by molar-refractivity contribution is 5.88. The van der Waals surface area contributed by atoms with Crippen molar-refractivity contribution in [3.8, 4) is 0 Å². The third kappa shape index (κ3) is 4.61. The van der Waals surface area contributed by atoms with Gasteiger partial charge in [0.25, 0.3) is 0 Å². The van der Waals surface area contributed by atoms with Crippen molar-refractivity contribution in [2.45, 2.75) is 25.2 Å². The molecule has 136 valence electrons. The molecule has 1 aliphatic rings. The molecule has 0 aromatic heterocycles. The lowest BCUT2D eigenvalue weighted by Gasteiger charge is -2.35. The van der Waals surface area contributed by atoms with Crippen molar-refractivity contribution in [2.24, 2.45) is 5.92 Å². The molecule has 1 saturated carbocycles. The first-order valence-corrected chi connectivity index (χ1v) is 9.25. The summed E-state index contributed by atoms with van der Waals surface area (Å²) in [5.74, 6) is 0.290. The molecular weight excluding hydrogens is 322 g/mol. The van der Waals surface area contributed by atoms with Gasteiger partial charge >= 0.3 is 5.97 Å². The highest BCUT2D eigenvalue weighted by Crippen LogP contribution is 2.41. The molecule has 3 nitrogen and oxygen atoms in total. The quantitative estimate of drug-likeness (QED) is 0.833. The van der Waals surface area contributed by atoms with Crippen LogP contribution in [0.4, 0.5) is 0 Å². The van der Waals surface area contributed by atoms with Crippen LogP contribution in [-0.2, 0) is 0 Å². The summed E-state index contributed by atoms with van der Waals surface area (Å²) in [5.41, 5.74) is 4.15. The molecule has 0 bridgehead atoms. The summed E-state index contributed by atoms with van der Waals surface area (Å²) in [4.78, 5) is 13.5. The van der Waals surface area contributed by atoms with Crippen molar-refractivity contribution in [2.75, 3.05) is 20.6 Å². The molecule has 1 N–H and O–H groups in total. The molecule has 0 spiro atoms. The van der Waals surface area contributed by atoms with Crippen molar-refractivity contribution < 1.29 is 9.90 Å². The van der Waals surface area contributed by atoms with Crippen LogP contribution in [0.1, 0.15) is 46.7 Å². The number of nitrogens with zero attached hydrogens (tertiary/aromatic N) is 1. The first kappa shape index (κ1) is 18.4. The molecule has 0 unspecified atom stereocenters. The van der Waals surface area contributed by atoms with Crippen LogP contribution in [0.2, 0.25) is 0 Å². The minimum atomic E-state index is -0.873. The number of rotatable bonds is 5. The topological polar surface area (TPSA) is 40.5 Å². The van der Waals surface area contributed by atoms with Crippen molar-refractivity contribution >= 4 is 12.0 Å². The Morgan fingerprint density at radius 2 is 1.92 bits per heavy atom. The highest BCUT2D eigenvalue weighted by atomic mass is 16.4. The molecule has 0 aliphatic heterocycles. The normalized spacial score (nSPS) is 21.9. The monoisotopic (exact) mass is 349 g/mol. The van der Waals surface area contributed by atoms with E-state index in [0.717, 1.165) is 24.9 Å². The van der Waals surface area contributed by atoms with Gasteiger partial charge in [0.05, 0.1) is 5.56 Å². The van der Waals surface area contributed by atoms with E-state index >= 15 is 0 Å². The van der Waals surface area contributed by atoms with E-state index < -0.39 is 5.97 Å². The minimum absolute atomic E-state index is 0.347. The molecule has 1 fully saturated rings. The first-order chi connectivity index (χ1) is 12.5. The molecule has 2 atom stereocenters. The molecular formula is C23H27NO2. The van der Waals surface area contributed by atoms with Gasteiger partial charge in [-0.05, 0) is 68.5 Å². The Bertz CT molecular complexity index is 780. The SMILES string of the molecule is CN(C)C[C@H]1CC/C(=C/c2cccc(C(=O)O)c2)C[C@H]1c1ccccc1. The van der Waals surface area contributed by atoms with Gasteiger partial charge in [0.1, 0.15) is 0 Å². The number of hydrogen-bond acceptors (Lipinski definition) is 2. The maximum Gasteiger partial charge on any atom is 0.335 e. The van der Waals surface area contributed by atoms with Crippen LogP contribution in [0.3, 0.4) is 0 Å². The van der Waals surface area contributed by atoms with E-state index in [-0.39, 0.29) is 0 Å². The number of aromatic carboxylic acids is 1. The van der Waals surface area contributed by atoms with Gasteiger partial charge in [0.2, 0.25) is 0 Å². The summed E-state index contributed by atoms with van der Waals surface area (Å²) in [5, 5.41) is 9.20. The van der Waals surface area contributed by atoms with Gasteiger partial charge in [0.15, 0.2) is 0 Å². The molecule has 3 heteroatoms. The lowest BCUT2D eigenvalue weighted by Crippen LogP contribution is -2.29. The van der Waals surface area contributed by atoms with Crippen LogP contribution < -0.4 is 0 Å². The zero-order valence-corrected chi connectivity index (χ0v) is 15.6. The van der Waals surface area contributed by atoms with Crippen molar-refractivity contribution in [3.63, 3.8) is 0 Å². The van der Waals surface area contributed by atoms with Crippen LogP contribution in [0.5, 0.6) is 0 Å². The van der Waals surface area contributed by atoms with Gasteiger partial charge in [0, 0.05) is 6.54 Å². The highest BCUT2D eigenvalue weighted by Gasteiger charge is 2.29. The fraction of sp³-hybridized carbons (Fsp3) is 0.348. The number of carbonyl (C=O) groups is 1. The third-order valence-corrected chi connectivity index (χ3v) is 5.22. The van der Waals surface area contributed by atoms with Gasteiger partial charge in [-0.3, -0.25) is 0 Å². The van der Waals surface area contributed by atoms with Crippen LogP contribution in [0, 0.1) is 5.92 Å². The molecule has 1 aliphatic carbocycles. The molecule has 2 aromatic carbocycles. The van der Waals surface area contributed by atoms with E-state index in [1.807, 2.05) is 12.1 Å². The molecule has 0 amide bonds. The van der Waals surface area contributed by atoms with E-state index in [4.69, 9.17) is 0 Å². The summed E-state index contributed by atoms with van der Waals surface area (Å²) in [7, 11) is 4.29. The molecule has 0 radical (unpaired) electrons. The van der Waals surface area contributed by atoms with Crippen LogP contribution >= 0.6 is 0 Å². The van der Waals surface area contributed by atoms with E-state index in [2.05, 4.69) is 55.4 Å². The predicted octanol–water partition coefficient (Wildman–Crippen LogP) is 4.91. The second-order valence-electron chi connectivity index (χ2n) is 7.52. The zero-order chi connectivity index (χ0) is 18.5. The van der Waals surface area contributed by atoms with Gasteiger partial charge < -0.3 is 10.0 Å². The number of allylic oxidation sites excluding steroid dienone is 1. The van der Waals surface area contributed by atoms with Gasteiger partial charge in [-0.2, -0.15) is 0 Å². The van der Waals surface area contributed by atoms with Crippen LogP contribution in [0.25, 0.3) is 6.08 Å². The average Bonchev–Trinajstić information content (AvgIpc) is 2.63. The lowest BCUT2D eigenvalue weighted by molar-refractivity contribution is 0.0697. The Labute approximate surface area is 156 Å². The van der Waals surface area contributed by atoms with Crippen molar-refractivity contribution in [3.05, 3.63) is 76.9 Å². The van der Waals surface area contributed by atoms with Gasteiger partial charge in [-0.1, -0.05) is 54.1 Å². The molecule has 0 heterocycles. The summed E-state index contributed by atoms with van der Waals surface area (Å²) in [6, 6.07) is 18.0. The van der Waals surface area contributed by atoms with Crippen molar-refractivity contribution in [1.82, 2.24) is 4.90 Å². The number of hydrogen-bond donors (Lipinski definition) is 1. The molecule has 3 rings (SSSR count). The standard InChI is InChI=1S/C23H27NO2/c1-24(2)16-21-12-11-18(15-22(21)19-8-4-3-5-9-19)13-17-7-6-10-20(14-17)23(25)26/h3-10,13-14,21-22H,11-12,15-16H2,1-2H3,(H,25,26)/b18-13-/t21-,22+/m1/s1. The maximum atomic E-state index is 11.2. The van der Waals surface area contributed by atoms with Gasteiger partial charge in [-0.15, -0.1) is 0 Å². The van der Waals surface area contributed by atoms with E-state index in [9.17, 15) is 9.90 Å². The summed E-state index contributed by atoms with van der Waals surface area (Å²) >= 11 is 0. The summed E-state index contributed by atoms with van der Waals surface area (Å²) < 4.78 is 0. The van der Waals surface area contributed by atoms with E-state index in [0.29, 0.717) is 17.4 Å². The minimum Gasteiger partial charge on any atom is -0.478 e. The van der Waals surface area contributed by atoms with Gasteiger partial charge in [-0.25, -0.2) is 4.79 Å². The van der Waals surface area contributed by atoms with Crippen LogP contribution in [0.15, 0.2) is 60.2 Å². The maximum absolute atomic E-state index is 11.2.